The maximum atomic E-state index is 5.44. The Morgan fingerprint density at radius 3 is 2.65 bits per heavy atom. The third-order valence-corrected chi connectivity index (χ3v) is 3.28. The van der Waals surface area contributed by atoms with Gasteiger partial charge in [0.2, 0.25) is 0 Å². The van der Waals surface area contributed by atoms with Gasteiger partial charge in [-0.15, -0.1) is 0 Å². The molecule has 0 unspecified atom stereocenters. The van der Waals surface area contributed by atoms with E-state index in [4.69, 9.17) is 4.74 Å². The van der Waals surface area contributed by atoms with Crippen molar-refractivity contribution in [1.29, 1.82) is 0 Å². The van der Waals surface area contributed by atoms with E-state index in [-0.39, 0.29) is 0 Å². The van der Waals surface area contributed by atoms with E-state index in [9.17, 15) is 0 Å². The quantitative estimate of drug-likeness (QED) is 0.728. The van der Waals surface area contributed by atoms with Crippen molar-refractivity contribution in [1.82, 2.24) is 5.32 Å². The summed E-state index contributed by atoms with van der Waals surface area (Å²) in [5.41, 5.74) is 1.32. The first kappa shape index (κ1) is 12.2. The molecule has 1 aliphatic carbocycles. The third-order valence-electron chi connectivity index (χ3n) is 3.28. The minimum atomic E-state index is 0.569. The molecule has 92 valence electrons. The highest BCUT2D eigenvalue weighted by Gasteiger charge is 2.16. The smallest absolute Gasteiger partial charge is 0.119 e. The van der Waals surface area contributed by atoms with Crippen molar-refractivity contribution in [2.75, 3.05) is 13.2 Å². The molecule has 17 heavy (non-hydrogen) atoms. The normalized spacial score (nSPS) is 15.3. The largest absolute Gasteiger partial charge is 0.490 e. The van der Waals surface area contributed by atoms with Gasteiger partial charge in [0.25, 0.3) is 0 Å². The first-order valence-corrected chi connectivity index (χ1v) is 6.42. The van der Waals surface area contributed by atoms with E-state index in [1.54, 1.807) is 6.08 Å². The second kappa shape index (κ2) is 6.45. The predicted molar refractivity (Wildman–Crippen MR) is 71.2 cm³/mol. The zero-order valence-corrected chi connectivity index (χ0v) is 10.3. The fourth-order valence-corrected chi connectivity index (χ4v) is 1.98. The van der Waals surface area contributed by atoms with Gasteiger partial charge in [0.1, 0.15) is 12.4 Å². The van der Waals surface area contributed by atoms with Gasteiger partial charge in [-0.2, -0.15) is 0 Å². The van der Waals surface area contributed by atoms with E-state index in [2.05, 4.69) is 24.0 Å². The van der Waals surface area contributed by atoms with Crippen LogP contribution in [0.2, 0.25) is 0 Å². The lowest BCUT2D eigenvalue weighted by atomic mass is 9.85. The topological polar surface area (TPSA) is 21.3 Å². The molecule has 1 saturated carbocycles. The maximum absolute atomic E-state index is 5.44. The van der Waals surface area contributed by atoms with E-state index in [0.717, 1.165) is 24.8 Å². The Balaban J connectivity index is 1.70. The SMILES string of the molecule is C=CCOc1ccc(CNCC2CCC2)cc1. The van der Waals surface area contributed by atoms with Crippen LogP contribution < -0.4 is 10.1 Å². The molecule has 1 N–H and O–H groups in total. The summed E-state index contributed by atoms with van der Waals surface area (Å²) in [5, 5.41) is 3.51. The number of benzene rings is 1. The molecular weight excluding hydrogens is 210 g/mol. The van der Waals surface area contributed by atoms with Gasteiger partial charge >= 0.3 is 0 Å². The predicted octanol–water partition coefficient (Wildman–Crippen LogP) is 3.14. The standard InChI is InChI=1S/C15H21NO/c1-2-10-17-15-8-6-14(7-9-15)12-16-11-13-4-3-5-13/h2,6-9,13,16H,1,3-5,10-12H2. The Bertz CT molecular complexity index is 340. The molecule has 1 aromatic rings. The highest BCUT2D eigenvalue weighted by atomic mass is 16.5. The molecule has 0 heterocycles. The van der Waals surface area contributed by atoms with Crippen molar-refractivity contribution in [3.8, 4) is 5.75 Å². The summed E-state index contributed by atoms with van der Waals surface area (Å²) in [6.45, 7) is 6.32. The average molecular weight is 231 g/mol. The number of hydrogen-bond donors (Lipinski definition) is 1. The molecule has 1 fully saturated rings. The Kier molecular flexibility index (Phi) is 4.63. The second-order valence-corrected chi connectivity index (χ2v) is 4.67. The van der Waals surface area contributed by atoms with E-state index in [1.807, 2.05) is 12.1 Å². The summed E-state index contributed by atoms with van der Waals surface area (Å²) in [6, 6.07) is 8.27. The van der Waals surface area contributed by atoms with Crippen LogP contribution in [0.5, 0.6) is 5.75 Å². The lowest BCUT2D eigenvalue weighted by molar-refractivity contribution is 0.301. The molecule has 0 atom stereocenters. The summed E-state index contributed by atoms with van der Waals surface area (Å²) in [7, 11) is 0. The zero-order chi connectivity index (χ0) is 11.9. The number of hydrogen-bond acceptors (Lipinski definition) is 2. The maximum Gasteiger partial charge on any atom is 0.119 e. The Labute approximate surface area is 104 Å². The van der Waals surface area contributed by atoms with Crippen LogP contribution in [-0.4, -0.2) is 13.2 Å². The van der Waals surface area contributed by atoms with Crippen LogP contribution >= 0.6 is 0 Å². The van der Waals surface area contributed by atoms with E-state index in [1.165, 1.54) is 24.8 Å². The van der Waals surface area contributed by atoms with Gasteiger partial charge in [-0.25, -0.2) is 0 Å². The van der Waals surface area contributed by atoms with E-state index in [0.29, 0.717) is 6.61 Å². The fourth-order valence-electron chi connectivity index (χ4n) is 1.98. The second-order valence-electron chi connectivity index (χ2n) is 4.67. The van der Waals surface area contributed by atoms with Crippen LogP contribution in [0.1, 0.15) is 24.8 Å². The first-order chi connectivity index (χ1) is 8.38. The summed E-state index contributed by atoms with van der Waals surface area (Å²) in [5.74, 6) is 1.83. The van der Waals surface area contributed by atoms with Crippen molar-refractivity contribution < 1.29 is 4.74 Å². The van der Waals surface area contributed by atoms with Crippen LogP contribution in [0.3, 0.4) is 0 Å². The molecule has 2 rings (SSSR count). The van der Waals surface area contributed by atoms with Gasteiger partial charge in [0.15, 0.2) is 0 Å². The molecule has 0 spiro atoms. The van der Waals surface area contributed by atoms with Crippen LogP contribution in [0, 0.1) is 5.92 Å². The molecule has 0 bridgehead atoms. The number of rotatable bonds is 7. The van der Waals surface area contributed by atoms with E-state index >= 15 is 0 Å². The van der Waals surface area contributed by atoms with Gasteiger partial charge in [-0.05, 0) is 43.0 Å². The van der Waals surface area contributed by atoms with Crippen molar-refractivity contribution in [2.24, 2.45) is 5.92 Å². The Morgan fingerprint density at radius 1 is 1.29 bits per heavy atom. The number of ether oxygens (including phenoxy) is 1. The van der Waals surface area contributed by atoms with Gasteiger partial charge in [0.05, 0.1) is 0 Å². The monoisotopic (exact) mass is 231 g/mol. The molecule has 0 amide bonds. The Hall–Kier alpha value is -1.28. The molecule has 0 aromatic heterocycles. The van der Waals surface area contributed by atoms with Crippen molar-refractivity contribution >= 4 is 0 Å². The van der Waals surface area contributed by atoms with Crippen LogP contribution in [0.4, 0.5) is 0 Å². The molecule has 0 radical (unpaired) electrons. The van der Waals surface area contributed by atoms with Crippen molar-refractivity contribution in [2.45, 2.75) is 25.8 Å². The Morgan fingerprint density at radius 2 is 2.06 bits per heavy atom. The minimum Gasteiger partial charge on any atom is -0.490 e. The van der Waals surface area contributed by atoms with Gasteiger partial charge in [0, 0.05) is 6.54 Å². The molecule has 2 nitrogen and oxygen atoms in total. The molecule has 0 saturated heterocycles. The summed E-state index contributed by atoms with van der Waals surface area (Å²) in [6.07, 6.45) is 5.98. The van der Waals surface area contributed by atoms with Crippen LogP contribution in [-0.2, 0) is 6.54 Å². The highest BCUT2D eigenvalue weighted by Crippen LogP contribution is 2.25. The molecule has 1 aromatic carbocycles. The van der Waals surface area contributed by atoms with Crippen LogP contribution in [0.15, 0.2) is 36.9 Å². The van der Waals surface area contributed by atoms with Gasteiger partial charge < -0.3 is 10.1 Å². The fraction of sp³-hybridized carbons (Fsp3) is 0.467. The van der Waals surface area contributed by atoms with Gasteiger partial charge in [-0.1, -0.05) is 31.2 Å². The summed E-state index contributed by atoms with van der Waals surface area (Å²) >= 11 is 0. The van der Waals surface area contributed by atoms with Gasteiger partial charge in [-0.3, -0.25) is 0 Å². The van der Waals surface area contributed by atoms with Crippen molar-refractivity contribution in [3.05, 3.63) is 42.5 Å². The van der Waals surface area contributed by atoms with E-state index < -0.39 is 0 Å². The molecular formula is C15H21NO. The lowest BCUT2D eigenvalue weighted by Gasteiger charge is -2.25. The third kappa shape index (κ3) is 3.90. The van der Waals surface area contributed by atoms with Crippen molar-refractivity contribution in [3.63, 3.8) is 0 Å². The zero-order valence-electron chi connectivity index (χ0n) is 10.3. The summed E-state index contributed by atoms with van der Waals surface area (Å²) in [4.78, 5) is 0. The molecule has 2 heteroatoms. The molecule has 0 aliphatic heterocycles. The summed E-state index contributed by atoms with van der Waals surface area (Å²) < 4.78 is 5.44. The highest BCUT2D eigenvalue weighted by molar-refractivity contribution is 5.27. The van der Waals surface area contributed by atoms with Crippen LogP contribution in [0.25, 0.3) is 0 Å². The number of nitrogens with one attached hydrogen (secondary N) is 1. The minimum absolute atomic E-state index is 0.569. The molecule has 1 aliphatic rings. The average Bonchev–Trinajstić information content (AvgIpc) is 2.31. The lowest BCUT2D eigenvalue weighted by Crippen LogP contribution is -2.26. The first-order valence-electron chi connectivity index (χ1n) is 6.42.